The molecule has 152 valence electrons. The Labute approximate surface area is 175 Å². The molecule has 2 aromatic carbocycles. The van der Waals surface area contributed by atoms with Crippen LogP contribution in [0.15, 0.2) is 63.0 Å². The highest BCUT2D eigenvalue weighted by Gasteiger charge is 2.16. The van der Waals surface area contributed by atoms with Crippen LogP contribution >= 0.6 is 11.8 Å². The molecule has 0 bridgehead atoms. The number of para-hydroxylation sites is 1. The van der Waals surface area contributed by atoms with Crippen LogP contribution in [0.3, 0.4) is 0 Å². The van der Waals surface area contributed by atoms with Gasteiger partial charge in [0.15, 0.2) is 11.0 Å². The Kier molecular flexibility index (Phi) is 5.62. The molecule has 9 heteroatoms. The normalized spacial score (nSPS) is 11.0. The number of methoxy groups -OCH3 is 1. The van der Waals surface area contributed by atoms with Crippen LogP contribution in [0.4, 0.5) is 0 Å². The molecule has 2 aromatic heterocycles. The van der Waals surface area contributed by atoms with Crippen molar-refractivity contribution in [1.29, 1.82) is 0 Å². The summed E-state index contributed by atoms with van der Waals surface area (Å²) < 4.78 is 11.4. The van der Waals surface area contributed by atoms with Gasteiger partial charge in [-0.05, 0) is 31.2 Å². The second-order valence-electron chi connectivity index (χ2n) is 6.55. The lowest BCUT2D eigenvalue weighted by atomic mass is 10.1. The first-order valence-electron chi connectivity index (χ1n) is 9.14. The van der Waals surface area contributed by atoms with Crippen LogP contribution in [-0.4, -0.2) is 32.8 Å². The molecule has 0 N–H and O–H groups in total. The Bertz CT molecular complexity index is 1260. The zero-order valence-corrected chi connectivity index (χ0v) is 17.2. The number of hydrogen-bond acceptors (Lipinski definition) is 8. The second-order valence-corrected chi connectivity index (χ2v) is 7.49. The van der Waals surface area contributed by atoms with E-state index in [0.29, 0.717) is 33.5 Å². The molecule has 0 atom stereocenters. The maximum absolute atomic E-state index is 12.9. The first-order chi connectivity index (χ1) is 14.5. The van der Waals surface area contributed by atoms with E-state index in [-0.39, 0.29) is 12.1 Å². The minimum absolute atomic E-state index is 0.226. The van der Waals surface area contributed by atoms with Crippen molar-refractivity contribution in [2.75, 3.05) is 7.11 Å². The lowest BCUT2D eigenvalue weighted by Gasteiger charge is -2.11. The molecule has 8 nitrogen and oxygen atoms in total. The number of carbonyl (C=O) groups is 1. The molecular formula is C21H18N4O4S. The van der Waals surface area contributed by atoms with Gasteiger partial charge in [0.25, 0.3) is 11.4 Å². The van der Waals surface area contributed by atoms with Crippen molar-refractivity contribution in [3.63, 3.8) is 0 Å². The molecule has 4 rings (SSSR count). The molecule has 0 spiro atoms. The van der Waals surface area contributed by atoms with Crippen molar-refractivity contribution in [3.05, 3.63) is 70.3 Å². The van der Waals surface area contributed by atoms with Crippen LogP contribution in [0.2, 0.25) is 0 Å². The molecule has 30 heavy (non-hydrogen) atoms. The summed E-state index contributed by atoms with van der Waals surface area (Å²) in [6, 6.07) is 14.8. The highest BCUT2D eigenvalue weighted by Crippen LogP contribution is 2.23. The van der Waals surface area contributed by atoms with E-state index in [1.807, 2.05) is 31.2 Å². The Morgan fingerprint density at radius 1 is 1.13 bits per heavy atom. The molecular weight excluding hydrogens is 404 g/mol. The second kappa shape index (κ2) is 8.50. The fourth-order valence-electron chi connectivity index (χ4n) is 2.85. The fraction of sp³-hybridized carbons (Fsp3) is 0.190. The van der Waals surface area contributed by atoms with Gasteiger partial charge in [-0.15, -0.1) is 0 Å². The van der Waals surface area contributed by atoms with Crippen molar-refractivity contribution in [1.82, 2.24) is 19.7 Å². The number of carbonyl (C=O) groups excluding carboxylic acids is 1. The Morgan fingerprint density at radius 3 is 2.67 bits per heavy atom. The van der Waals surface area contributed by atoms with E-state index in [1.54, 1.807) is 24.3 Å². The minimum Gasteiger partial charge on any atom is -0.468 e. The number of ether oxygens (including phenoxy) is 1. The number of thioether (sulfide) groups is 1. The molecule has 0 aliphatic heterocycles. The summed E-state index contributed by atoms with van der Waals surface area (Å²) in [5, 5.41) is 4.83. The fourth-order valence-corrected chi connectivity index (χ4v) is 3.69. The highest BCUT2D eigenvalue weighted by atomic mass is 32.2. The average molecular weight is 422 g/mol. The molecule has 0 fully saturated rings. The number of aromatic nitrogens is 4. The zero-order valence-electron chi connectivity index (χ0n) is 16.4. The van der Waals surface area contributed by atoms with E-state index in [1.165, 1.54) is 23.4 Å². The van der Waals surface area contributed by atoms with Crippen molar-refractivity contribution >= 4 is 28.6 Å². The lowest BCUT2D eigenvalue weighted by molar-refractivity contribution is -0.141. The van der Waals surface area contributed by atoms with Crippen molar-refractivity contribution < 1.29 is 14.1 Å². The lowest BCUT2D eigenvalue weighted by Crippen LogP contribution is -2.27. The molecule has 0 radical (unpaired) electrons. The Hall–Kier alpha value is -3.46. The third-order valence-corrected chi connectivity index (χ3v) is 5.41. The summed E-state index contributed by atoms with van der Waals surface area (Å²) in [6.45, 7) is 1.78. The number of rotatable bonds is 6. The van der Waals surface area contributed by atoms with E-state index in [2.05, 4.69) is 15.1 Å². The van der Waals surface area contributed by atoms with Crippen LogP contribution in [0.25, 0.3) is 22.4 Å². The molecule has 2 heterocycles. The summed E-state index contributed by atoms with van der Waals surface area (Å²) in [5.41, 5.74) is 2.22. The van der Waals surface area contributed by atoms with E-state index in [4.69, 9.17) is 9.26 Å². The van der Waals surface area contributed by atoms with E-state index in [0.717, 1.165) is 11.1 Å². The van der Waals surface area contributed by atoms with Gasteiger partial charge in [0.2, 0.25) is 0 Å². The largest absolute Gasteiger partial charge is 0.468 e. The summed E-state index contributed by atoms with van der Waals surface area (Å²) in [7, 11) is 1.28. The van der Waals surface area contributed by atoms with Crippen molar-refractivity contribution in [3.8, 4) is 11.5 Å². The van der Waals surface area contributed by atoms with Gasteiger partial charge >= 0.3 is 5.97 Å². The van der Waals surface area contributed by atoms with Gasteiger partial charge in [-0.3, -0.25) is 14.2 Å². The third kappa shape index (κ3) is 4.11. The molecule has 0 amide bonds. The third-order valence-electron chi connectivity index (χ3n) is 4.44. The first-order valence-corrected chi connectivity index (χ1v) is 10.1. The summed E-state index contributed by atoms with van der Waals surface area (Å²) in [5.74, 6) is 0.672. The van der Waals surface area contributed by atoms with Crippen LogP contribution in [0, 0.1) is 6.92 Å². The van der Waals surface area contributed by atoms with Crippen LogP contribution < -0.4 is 5.56 Å². The van der Waals surface area contributed by atoms with Gasteiger partial charge in [0, 0.05) is 5.56 Å². The van der Waals surface area contributed by atoms with E-state index >= 15 is 0 Å². The molecule has 0 unspecified atom stereocenters. The summed E-state index contributed by atoms with van der Waals surface area (Å²) in [6.07, 6.45) is 0. The highest BCUT2D eigenvalue weighted by molar-refractivity contribution is 7.98. The molecule has 0 saturated heterocycles. The van der Waals surface area contributed by atoms with E-state index in [9.17, 15) is 9.59 Å². The molecule has 0 aliphatic carbocycles. The predicted molar refractivity (Wildman–Crippen MR) is 112 cm³/mol. The maximum Gasteiger partial charge on any atom is 0.325 e. The predicted octanol–water partition coefficient (Wildman–Crippen LogP) is 3.22. The van der Waals surface area contributed by atoms with E-state index < -0.39 is 5.97 Å². The van der Waals surface area contributed by atoms with Gasteiger partial charge in [0.1, 0.15) is 6.54 Å². The molecule has 0 saturated carbocycles. The Balaban J connectivity index is 1.62. The topological polar surface area (TPSA) is 100 Å². The maximum atomic E-state index is 12.9. The monoisotopic (exact) mass is 422 g/mol. The van der Waals surface area contributed by atoms with Gasteiger partial charge < -0.3 is 9.26 Å². The minimum atomic E-state index is -0.530. The number of aryl methyl sites for hydroxylation is 1. The standard InChI is InChI=1S/C21H18N4O4S/c1-13-7-9-14(10-8-13)19-23-17(24-29-19)12-30-21-22-16-6-4-3-5-15(16)20(27)25(21)11-18(26)28-2/h3-10H,11-12H2,1-2H3. The average Bonchev–Trinajstić information content (AvgIpc) is 3.24. The zero-order chi connectivity index (χ0) is 21.1. The number of fused-ring (bicyclic) bond motifs is 1. The Morgan fingerprint density at radius 2 is 1.90 bits per heavy atom. The number of benzene rings is 2. The van der Waals surface area contributed by atoms with Gasteiger partial charge in [-0.2, -0.15) is 4.98 Å². The van der Waals surface area contributed by atoms with Crippen LogP contribution in [-0.2, 0) is 21.8 Å². The van der Waals surface area contributed by atoms with Crippen molar-refractivity contribution in [2.45, 2.75) is 24.4 Å². The number of nitrogens with zero attached hydrogens (tertiary/aromatic N) is 4. The van der Waals surface area contributed by atoms with Crippen LogP contribution in [0.5, 0.6) is 0 Å². The SMILES string of the molecule is COC(=O)Cn1c(SCc2noc(-c3ccc(C)cc3)n2)nc2ccccc2c1=O. The number of esters is 1. The van der Waals surface area contributed by atoms with Crippen LogP contribution in [0.1, 0.15) is 11.4 Å². The van der Waals surface area contributed by atoms with Gasteiger partial charge in [-0.1, -0.05) is 46.7 Å². The quantitative estimate of drug-likeness (QED) is 0.265. The number of hydrogen-bond donors (Lipinski definition) is 0. The smallest absolute Gasteiger partial charge is 0.325 e. The first kappa shape index (κ1) is 19.8. The summed E-state index contributed by atoms with van der Waals surface area (Å²) >= 11 is 1.25. The van der Waals surface area contributed by atoms with Gasteiger partial charge in [-0.25, -0.2) is 4.98 Å². The summed E-state index contributed by atoms with van der Waals surface area (Å²) in [4.78, 5) is 33.7. The van der Waals surface area contributed by atoms with Gasteiger partial charge in [0.05, 0.1) is 23.8 Å². The molecule has 0 aliphatic rings. The van der Waals surface area contributed by atoms with Crippen molar-refractivity contribution in [2.24, 2.45) is 0 Å². The molecule has 4 aromatic rings.